The number of nitrogen functional groups attached to an aromatic ring is 1. The van der Waals surface area contributed by atoms with Gasteiger partial charge in [0.2, 0.25) is 0 Å². The molecule has 4 rings (SSSR count). The summed E-state index contributed by atoms with van der Waals surface area (Å²) in [5.74, 6) is -0.140. The van der Waals surface area contributed by atoms with Crippen LogP contribution in [0.4, 0.5) is 5.69 Å². The molecule has 0 bridgehead atoms. The maximum Gasteiger partial charge on any atom is 0.254 e. The molecule has 0 fully saturated rings. The Morgan fingerprint density at radius 1 is 1.15 bits per heavy atom. The van der Waals surface area contributed by atoms with Crippen molar-refractivity contribution in [3.05, 3.63) is 101 Å². The summed E-state index contributed by atoms with van der Waals surface area (Å²) in [6.45, 7) is 10.6. The average Bonchev–Trinajstić information content (AvgIpc) is 3.15. The molecule has 0 saturated heterocycles. The first-order valence-corrected chi connectivity index (χ1v) is 10.5. The number of hydrogen-bond acceptors (Lipinski definition) is 5. The molecule has 6 heteroatoms. The molecule has 6 nitrogen and oxygen atoms in total. The number of amides is 1. The van der Waals surface area contributed by atoms with Gasteiger partial charge in [0.25, 0.3) is 5.91 Å². The quantitative estimate of drug-likeness (QED) is 0.343. The third-order valence-electron chi connectivity index (χ3n) is 5.58. The van der Waals surface area contributed by atoms with Crippen molar-refractivity contribution < 1.29 is 9.59 Å². The molecule has 0 atom stereocenters. The second-order valence-corrected chi connectivity index (χ2v) is 7.78. The van der Waals surface area contributed by atoms with Crippen LogP contribution in [-0.2, 0) is 11.3 Å². The van der Waals surface area contributed by atoms with Gasteiger partial charge in [-0.25, -0.2) is 0 Å². The zero-order valence-corrected chi connectivity index (χ0v) is 19.0. The highest BCUT2D eigenvalue weighted by atomic mass is 16.2. The minimum Gasteiger partial charge on any atom is -0.399 e. The Bertz CT molecular complexity index is 1230. The molecule has 1 aliphatic rings. The van der Waals surface area contributed by atoms with Gasteiger partial charge in [0.15, 0.2) is 0 Å². The Labute approximate surface area is 194 Å². The van der Waals surface area contributed by atoms with E-state index >= 15 is 0 Å². The standard InChI is InChI=1S/C26H23N3O2.CH5N/c1-16(15-30)13-29-14-25-23(10-21(27)11-24(25)26(29)31)19-7-6-17(2)22(9-19)18(3)20-5-4-8-28-12-20;1-2/h4-12,15H,1,3,13-14,27H2,2H3;2H2,1H3. The Morgan fingerprint density at radius 3 is 2.55 bits per heavy atom. The fourth-order valence-electron chi connectivity index (χ4n) is 3.97. The maximum atomic E-state index is 12.9. The number of nitrogens with zero attached hydrogens (tertiary/aromatic N) is 2. The first kappa shape index (κ1) is 23.6. The van der Waals surface area contributed by atoms with Crippen LogP contribution in [0.2, 0.25) is 0 Å². The molecular weight excluding hydrogens is 412 g/mol. The van der Waals surface area contributed by atoms with Crippen LogP contribution in [0, 0.1) is 6.92 Å². The SMILES string of the molecule is C=C(C=O)CN1Cc2c(cc(N)cc2-c2ccc(C)c(C(=C)c3cccnc3)c2)C1=O.CN. The van der Waals surface area contributed by atoms with Gasteiger partial charge in [0, 0.05) is 47.9 Å². The summed E-state index contributed by atoms with van der Waals surface area (Å²) in [5.41, 5.74) is 18.8. The number of fused-ring (bicyclic) bond motifs is 1. The van der Waals surface area contributed by atoms with Crippen molar-refractivity contribution in [2.45, 2.75) is 13.5 Å². The molecule has 3 aromatic rings. The summed E-state index contributed by atoms with van der Waals surface area (Å²) in [6.07, 6.45) is 4.21. The highest BCUT2D eigenvalue weighted by molar-refractivity contribution is 6.02. The van der Waals surface area contributed by atoms with Crippen LogP contribution in [0.25, 0.3) is 16.7 Å². The van der Waals surface area contributed by atoms with E-state index in [0.717, 1.165) is 39.0 Å². The number of aldehydes is 1. The van der Waals surface area contributed by atoms with Gasteiger partial charge in [-0.2, -0.15) is 0 Å². The lowest BCUT2D eigenvalue weighted by atomic mass is 9.90. The van der Waals surface area contributed by atoms with Gasteiger partial charge < -0.3 is 16.4 Å². The first-order chi connectivity index (χ1) is 15.9. The number of carbonyl (C=O) groups is 2. The molecule has 0 saturated carbocycles. The van der Waals surface area contributed by atoms with Crippen LogP contribution in [0.3, 0.4) is 0 Å². The number of anilines is 1. The highest BCUT2D eigenvalue weighted by Crippen LogP contribution is 2.37. The van der Waals surface area contributed by atoms with Crippen LogP contribution in [0.1, 0.15) is 32.6 Å². The van der Waals surface area contributed by atoms with Crippen molar-refractivity contribution in [2.24, 2.45) is 5.73 Å². The predicted octanol–water partition coefficient (Wildman–Crippen LogP) is 3.99. The molecule has 4 N–H and O–H groups in total. The van der Waals surface area contributed by atoms with Crippen molar-refractivity contribution in [1.82, 2.24) is 9.88 Å². The third kappa shape index (κ3) is 4.76. The lowest BCUT2D eigenvalue weighted by molar-refractivity contribution is -0.105. The molecule has 0 spiro atoms. The number of carbonyl (C=O) groups excluding carboxylic acids is 2. The average molecular weight is 441 g/mol. The Morgan fingerprint density at radius 2 is 1.88 bits per heavy atom. The van der Waals surface area contributed by atoms with Crippen LogP contribution >= 0.6 is 0 Å². The molecule has 1 amide bonds. The van der Waals surface area contributed by atoms with E-state index in [9.17, 15) is 9.59 Å². The van der Waals surface area contributed by atoms with Gasteiger partial charge in [-0.3, -0.25) is 14.6 Å². The number of pyridine rings is 1. The number of nitrogens with two attached hydrogens (primary N) is 2. The summed E-state index contributed by atoms with van der Waals surface area (Å²) < 4.78 is 0. The molecule has 0 unspecified atom stereocenters. The smallest absolute Gasteiger partial charge is 0.254 e. The topological polar surface area (TPSA) is 102 Å². The van der Waals surface area contributed by atoms with Crippen LogP contribution in [-0.4, -0.2) is 35.7 Å². The Kier molecular flexibility index (Phi) is 7.20. The fourth-order valence-corrected chi connectivity index (χ4v) is 3.97. The van der Waals surface area contributed by atoms with Crippen molar-refractivity contribution >= 4 is 23.5 Å². The van der Waals surface area contributed by atoms with Gasteiger partial charge in [0.1, 0.15) is 6.29 Å². The molecule has 1 aromatic heterocycles. The van der Waals surface area contributed by atoms with Crippen molar-refractivity contribution in [1.29, 1.82) is 0 Å². The molecule has 168 valence electrons. The summed E-state index contributed by atoms with van der Waals surface area (Å²) >= 11 is 0. The normalized spacial score (nSPS) is 12.0. The Hall–Kier alpha value is -4.03. The minimum absolute atomic E-state index is 0.140. The van der Waals surface area contributed by atoms with Gasteiger partial charge in [-0.05, 0) is 71.6 Å². The molecule has 2 heterocycles. The number of aromatic nitrogens is 1. The molecular formula is C27H28N4O2. The van der Waals surface area contributed by atoms with Gasteiger partial charge in [-0.15, -0.1) is 0 Å². The number of aryl methyl sites for hydroxylation is 1. The summed E-state index contributed by atoms with van der Waals surface area (Å²) in [5, 5.41) is 0. The Balaban J connectivity index is 0.00000149. The van der Waals surface area contributed by atoms with E-state index < -0.39 is 0 Å². The monoisotopic (exact) mass is 440 g/mol. The van der Waals surface area contributed by atoms with Crippen LogP contribution in [0.15, 0.2) is 73.6 Å². The zero-order valence-electron chi connectivity index (χ0n) is 19.0. The summed E-state index contributed by atoms with van der Waals surface area (Å²) in [4.78, 5) is 29.7. The molecule has 33 heavy (non-hydrogen) atoms. The van der Waals surface area contributed by atoms with Gasteiger partial charge >= 0.3 is 0 Å². The second-order valence-electron chi connectivity index (χ2n) is 7.78. The van der Waals surface area contributed by atoms with E-state index in [1.54, 1.807) is 23.4 Å². The van der Waals surface area contributed by atoms with E-state index in [2.05, 4.69) is 29.9 Å². The second kappa shape index (κ2) is 10.1. The van der Waals surface area contributed by atoms with Crippen molar-refractivity contribution in [3.8, 4) is 11.1 Å². The summed E-state index contributed by atoms with van der Waals surface area (Å²) in [6, 6.07) is 13.6. The largest absolute Gasteiger partial charge is 0.399 e. The van der Waals surface area contributed by atoms with E-state index in [1.165, 1.54) is 7.05 Å². The summed E-state index contributed by atoms with van der Waals surface area (Å²) in [7, 11) is 1.50. The van der Waals surface area contributed by atoms with E-state index in [1.807, 2.05) is 37.3 Å². The number of hydrogen-bond donors (Lipinski definition) is 2. The first-order valence-electron chi connectivity index (χ1n) is 10.5. The van der Waals surface area contributed by atoms with Gasteiger partial charge in [-0.1, -0.05) is 31.4 Å². The molecule has 2 aromatic carbocycles. The van der Waals surface area contributed by atoms with Crippen LogP contribution in [0.5, 0.6) is 0 Å². The molecule has 0 radical (unpaired) electrons. The number of rotatable bonds is 6. The molecule has 1 aliphatic heterocycles. The minimum atomic E-state index is -0.140. The molecule has 0 aliphatic carbocycles. The number of benzene rings is 2. The zero-order chi connectivity index (χ0) is 24.1. The maximum absolute atomic E-state index is 12.9. The predicted molar refractivity (Wildman–Crippen MR) is 133 cm³/mol. The van der Waals surface area contributed by atoms with Crippen molar-refractivity contribution in [3.63, 3.8) is 0 Å². The fraction of sp³-hybridized carbons (Fsp3) is 0.148. The highest BCUT2D eigenvalue weighted by Gasteiger charge is 2.30. The lowest BCUT2D eigenvalue weighted by Crippen LogP contribution is -2.26. The van der Waals surface area contributed by atoms with Crippen molar-refractivity contribution in [2.75, 3.05) is 19.3 Å². The van der Waals surface area contributed by atoms with E-state index in [0.29, 0.717) is 29.7 Å². The lowest BCUT2D eigenvalue weighted by Gasteiger charge is -2.16. The third-order valence-corrected chi connectivity index (χ3v) is 5.58. The van der Waals surface area contributed by atoms with Crippen LogP contribution < -0.4 is 11.5 Å². The van der Waals surface area contributed by atoms with E-state index in [-0.39, 0.29) is 12.5 Å². The van der Waals surface area contributed by atoms with Gasteiger partial charge in [0.05, 0.1) is 0 Å². The van der Waals surface area contributed by atoms with E-state index in [4.69, 9.17) is 5.73 Å².